The summed E-state index contributed by atoms with van der Waals surface area (Å²) in [5.41, 5.74) is 2.74. The number of hydrogen-bond donors (Lipinski definition) is 0. The van der Waals surface area contributed by atoms with E-state index in [-0.39, 0.29) is 11.8 Å². The van der Waals surface area contributed by atoms with Crippen LogP contribution in [-0.2, 0) is 4.79 Å². The van der Waals surface area contributed by atoms with Crippen LogP contribution in [0.4, 0.5) is 0 Å². The van der Waals surface area contributed by atoms with Crippen LogP contribution in [0.25, 0.3) is 0 Å². The van der Waals surface area contributed by atoms with Crippen LogP contribution in [-0.4, -0.2) is 23.9 Å². The average Bonchev–Trinajstić information content (AvgIpc) is 2.32. The van der Waals surface area contributed by atoms with E-state index in [2.05, 4.69) is 46.8 Å². The molecule has 0 atom stereocenters. The molecule has 0 bridgehead atoms. The van der Waals surface area contributed by atoms with Crippen molar-refractivity contribution in [2.75, 3.05) is 13.1 Å². The molecular weight excluding hydrogens is 246 g/mol. The van der Waals surface area contributed by atoms with Gasteiger partial charge < -0.3 is 4.90 Å². The lowest BCUT2D eigenvalue weighted by atomic mass is 10.1. The van der Waals surface area contributed by atoms with Crippen molar-refractivity contribution >= 4 is 5.91 Å². The van der Waals surface area contributed by atoms with Gasteiger partial charge in [0, 0.05) is 19.0 Å². The molecule has 0 saturated carbocycles. The fraction of sp³-hybridized carbons (Fsp3) is 0.722. The summed E-state index contributed by atoms with van der Waals surface area (Å²) in [5, 5.41) is 0. The van der Waals surface area contributed by atoms with E-state index in [9.17, 15) is 4.79 Å². The van der Waals surface area contributed by atoms with Crippen LogP contribution in [0.15, 0.2) is 23.3 Å². The quantitative estimate of drug-likeness (QED) is 0.583. The molecule has 0 aromatic heterocycles. The predicted molar refractivity (Wildman–Crippen MR) is 88.7 cm³/mol. The van der Waals surface area contributed by atoms with Crippen LogP contribution in [0.3, 0.4) is 0 Å². The maximum atomic E-state index is 12.2. The number of carbonyl (C=O) groups is 1. The molecule has 0 N–H and O–H groups in total. The maximum Gasteiger partial charge on any atom is 0.225 e. The van der Waals surface area contributed by atoms with Gasteiger partial charge in [-0.25, -0.2) is 0 Å². The Kier molecular flexibility index (Phi) is 9.28. The second-order valence-corrected chi connectivity index (χ2v) is 6.66. The molecule has 0 aromatic carbocycles. The van der Waals surface area contributed by atoms with E-state index in [4.69, 9.17) is 0 Å². The monoisotopic (exact) mass is 279 g/mol. The highest BCUT2D eigenvalue weighted by Gasteiger charge is 2.16. The Morgan fingerprint density at radius 2 is 1.65 bits per heavy atom. The molecule has 0 aromatic rings. The Morgan fingerprint density at radius 1 is 1.05 bits per heavy atom. The number of hydrogen-bond acceptors (Lipinski definition) is 1. The zero-order valence-electron chi connectivity index (χ0n) is 14.5. The van der Waals surface area contributed by atoms with Gasteiger partial charge in [0.1, 0.15) is 0 Å². The van der Waals surface area contributed by atoms with Gasteiger partial charge in [0.2, 0.25) is 5.91 Å². The summed E-state index contributed by atoms with van der Waals surface area (Å²) in [5.74, 6) is 0.845. The van der Waals surface area contributed by atoms with Crippen LogP contribution in [0.5, 0.6) is 0 Å². The zero-order chi connectivity index (χ0) is 15.7. The van der Waals surface area contributed by atoms with Crippen molar-refractivity contribution in [2.45, 2.75) is 61.3 Å². The van der Waals surface area contributed by atoms with E-state index in [1.54, 1.807) is 0 Å². The lowest BCUT2D eigenvalue weighted by Crippen LogP contribution is -2.37. The smallest absolute Gasteiger partial charge is 0.225 e. The Balaban J connectivity index is 4.50. The first-order chi connectivity index (χ1) is 9.23. The average molecular weight is 279 g/mol. The van der Waals surface area contributed by atoms with Gasteiger partial charge in [0.25, 0.3) is 0 Å². The Labute approximate surface area is 125 Å². The fourth-order valence-corrected chi connectivity index (χ4v) is 2.02. The zero-order valence-corrected chi connectivity index (χ0v) is 14.5. The third kappa shape index (κ3) is 8.95. The van der Waals surface area contributed by atoms with Crippen LogP contribution >= 0.6 is 0 Å². The molecule has 0 saturated heterocycles. The standard InChI is InChI=1S/C18H33NO/c1-14(2)9-8-10-17(7)11-12-19(13-15(3)4)18(20)16(5)6/h9,11,15-16H,8,10,12-13H2,1-7H3/b17-11+. The van der Waals surface area contributed by atoms with E-state index in [1.165, 1.54) is 11.1 Å². The van der Waals surface area contributed by atoms with Gasteiger partial charge in [-0.2, -0.15) is 0 Å². The second kappa shape index (κ2) is 9.79. The molecule has 2 nitrogen and oxygen atoms in total. The highest BCUT2D eigenvalue weighted by Crippen LogP contribution is 2.10. The summed E-state index contributed by atoms with van der Waals surface area (Å²) in [6.07, 6.45) is 6.65. The first kappa shape index (κ1) is 18.9. The van der Waals surface area contributed by atoms with Gasteiger partial charge in [-0.15, -0.1) is 0 Å². The van der Waals surface area contributed by atoms with E-state index in [1.807, 2.05) is 18.7 Å². The minimum atomic E-state index is 0.0770. The molecule has 0 fully saturated rings. The highest BCUT2D eigenvalue weighted by molar-refractivity contribution is 5.78. The largest absolute Gasteiger partial charge is 0.338 e. The van der Waals surface area contributed by atoms with Gasteiger partial charge in [-0.1, -0.05) is 51.0 Å². The van der Waals surface area contributed by atoms with Gasteiger partial charge in [-0.3, -0.25) is 4.79 Å². The van der Waals surface area contributed by atoms with Crippen molar-refractivity contribution in [2.24, 2.45) is 11.8 Å². The molecule has 0 heterocycles. The van der Waals surface area contributed by atoms with Crippen LogP contribution < -0.4 is 0 Å². The third-order valence-corrected chi connectivity index (χ3v) is 3.14. The molecule has 0 aliphatic rings. The van der Waals surface area contributed by atoms with Gasteiger partial charge in [-0.05, 0) is 39.5 Å². The SMILES string of the molecule is CC(C)=CCC/C(C)=C/CN(CC(C)C)C(=O)C(C)C. The summed E-state index contributed by atoms with van der Waals surface area (Å²) in [6, 6.07) is 0. The first-order valence-corrected chi connectivity index (χ1v) is 7.81. The number of rotatable bonds is 8. The van der Waals surface area contributed by atoms with Gasteiger partial charge in [0.05, 0.1) is 0 Å². The van der Waals surface area contributed by atoms with Crippen molar-refractivity contribution < 1.29 is 4.79 Å². The Morgan fingerprint density at radius 3 is 2.10 bits per heavy atom. The number of amides is 1. The summed E-state index contributed by atoms with van der Waals surface area (Å²) in [7, 11) is 0. The van der Waals surface area contributed by atoms with Crippen molar-refractivity contribution in [3.05, 3.63) is 23.3 Å². The van der Waals surface area contributed by atoms with Gasteiger partial charge in [0.15, 0.2) is 0 Å². The van der Waals surface area contributed by atoms with E-state index in [0.29, 0.717) is 5.92 Å². The van der Waals surface area contributed by atoms with Gasteiger partial charge >= 0.3 is 0 Å². The summed E-state index contributed by atoms with van der Waals surface area (Å²) < 4.78 is 0. The van der Waals surface area contributed by atoms with Crippen molar-refractivity contribution in [1.29, 1.82) is 0 Å². The number of carbonyl (C=O) groups excluding carboxylic acids is 1. The molecule has 20 heavy (non-hydrogen) atoms. The second-order valence-electron chi connectivity index (χ2n) is 6.66. The van der Waals surface area contributed by atoms with Crippen LogP contribution in [0.1, 0.15) is 61.3 Å². The molecule has 1 amide bonds. The molecule has 0 radical (unpaired) electrons. The molecule has 0 aliphatic heterocycles. The number of nitrogens with zero attached hydrogens (tertiary/aromatic N) is 1. The van der Waals surface area contributed by atoms with Crippen LogP contribution in [0.2, 0.25) is 0 Å². The van der Waals surface area contributed by atoms with Crippen LogP contribution in [0, 0.1) is 11.8 Å². The topological polar surface area (TPSA) is 20.3 Å². The fourth-order valence-electron chi connectivity index (χ4n) is 2.02. The maximum absolute atomic E-state index is 12.2. The molecule has 0 spiro atoms. The summed E-state index contributed by atoms with van der Waals surface area (Å²) in [6.45, 7) is 16.3. The minimum absolute atomic E-state index is 0.0770. The van der Waals surface area contributed by atoms with E-state index in [0.717, 1.165) is 25.9 Å². The Bertz CT molecular complexity index is 346. The number of allylic oxidation sites excluding steroid dienone is 3. The predicted octanol–water partition coefficient (Wildman–Crippen LogP) is 4.82. The normalized spacial score (nSPS) is 11.9. The molecule has 0 rings (SSSR count). The van der Waals surface area contributed by atoms with Crippen molar-refractivity contribution in [3.8, 4) is 0 Å². The Hall–Kier alpha value is -1.05. The summed E-state index contributed by atoms with van der Waals surface area (Å²) in [4.78, 5) is 14.2. The van der Waals surface area contributed by atoms with Crippen molar-refractivity contribution in [1.82, 2.24) is 4.90 Å². The van der Waals surface area contributed by atoms with Crippen molar-refractivity contribution in [3.63, 3.8) is 0 Å². The molecule has 2 heteroatoms. The highest BCUT2D eigenvalue weighted by atomic mass is 16.2. The lowest BCUT2D eigenvalue weighted by molar-refractivity contribution is -0.134. The summed E-state index contributed by atoms with van der Waals surface area (Å²) >= 11 is 0. The van der Waals surface area contributed by atoms with E-state index >= 15 is 0 Å². The molecule has 0 aliphatic carbocycles. The first-order valence-electron chi connectivity index (χ1n) is 7.81. The van der Waals surface area contributed by atoms with E-state index < -0.39 is 0 Å². The molecule has 0 unspecified atom stereocenters. The lowest BCUT2D eigenvalue weighted by Gasteiger charge is -2.25. The molecule has 116 valence electrons. The minimum Gasteiger partial charge on any atom is -0.338 e. The third-order valence-electron chi connectivity index (χ3n) is 3.14. The molecular formula is C18H33NO.